The van der Waals surface area contributed by atoms with Crippen LogP contribution >= 0.6 is 28.3 Å². The summed E-state index contributed by atoms with van der Waals surface area (Å²) < 4.78 is 8.99. The van der Waals surface area contributed by atoms with Crippen LogP contribution in [-0.4, -0.2) is 27.4 Å². The molecule has 0 aliphatic heterocycles. The summed E-state index contributed by atoms with van der Waals surface area (Å²) in [4.78, 5) is 4.92. The first-order chi connectivity index (χ1) is 13.2. The highest BCUT2D eigenvalue weighted by Crippen LogP contribution is 2.34. The number of benzene rings is 2. The average molecular weight is 466 g/mol. The summed E-state index contributed by atoms with van der Waals surface area (Å²) in [7, 11) is 0. The van der Waals surface area contributed by atoms with Crippen LogP contribution in [0.5, 0.6) is 5.75 Å². The van der Waals surface area contributed by atoms with Crippen molar-refractivity contribution in [1.82, 2.24) is 9.55 Å². The summed E-state index contributed by atoms with van der Waals surface area (Å²) in [6.45, 7) is 0.765. The zero-order valence-electron chi connectivity index (χ0n) is 15.8. The molecule has 0 bridgehead atoms. The molecule has 1 heterocycles. The molecule has 1 aliphatic rings. The Morgan fingerprint density at radius 2 is 1.79 bits per heavy atom. The molecule has 1 atom stereocenters. The lowest BCUT2D eigenvalue weighted by atomic mass is 9.88. The van der Waals surface area contributed by atoms with Crippen molar-refractivity contribution in [2.24, 2.45) is 0 Å². The predicted molar refractivity (Wildman–Crippen MR) is 118 cm³/mol. The lowest BCUT2D eigenvalue weighted by molar-refractivity contribution is 0.0922. The van der Waals surface area contributed by atoms with Crippen molar-refractivity contribution in [3.63, 3.8) is 0 Å². The van der Waals surface area contributed by atoms with Crippen molar-refractivity contribution < 1.29 is 9.84 Å². The monoisotopic (exact) mass is 464 g/mol. The SMILES string of the molecule is Cl.OC(COc1ccc(Br)cc1)Cn1c(C2CCCCC2)nc2ccccc21. The average Bonchev–Trinajstić information content (AvgIpc) is 3.07. The fraction of sp³-hybridized carbons (Fsp3) is 0.409. The Bertz CT molecular complexity index is 891. The predicted octanol–water partition coefficient (Wildman–Crippen LogP) is 5.71. The van der Waals surface area contributed by atoms with Crippen LogP contribution in [0.3, 0.4) is 0 Å². The van der Waals surface area contributed by atoms with Gasteiger partial charge in [-0.25, -0.2) is 4.98 Å². The van der Waals surface area contributed by atoms with E-state index in [0.717, 1.165) is 27.1 Å². The molecular formula is C22H26BrClN2O2. The number of nitrogens with zero attached hydrogens (tertiary/aromatic N) is 2. The topological polar surface area (TPSA) is 47.3 Å². The maximum absolute atomic E-state index is 10.6. The summed E-state index contributed by atoms with van der Waals surface area (Å²) in [5.74, 6) is 2.38. The number of rotatable bonds is 6. The molecule has 0 radical (unpaired) electrons. The van der Waals surface area contributed by atoms with Gasteiger partial charge in [0.15, 0.2) is 0 Å². The minimum absolute atomic E-state index is 0. The molecule has 4 nitrogen and oxygen atoms in total. The van der Waals surface area contributed by atoms with Gasteiger partial charge in [0.25, 0.3) is 0 Å². The Morgan fingerprint density at radius 3 is 2.54 bits per heavy atom. The zero-order valence-corrected chi connectivity index (χ0v) is 18.2. The molecule has 6 heteroatoms. The van der Waals surface area contributed by atoms with E-state index in [1.165, 1.54) is 32.1 Å². The second-order valence-corrected chi connectivity index (χ2v) is 8.24. The summed E-state index contributed by atoms with van der Waals surface area (Å²) in [6.07, 6.45) is 5.64. The van der Waals surface area contributed by atoms with E-state index in [9.17, 15) is 5.11 Å². The second kappa shape index (κ2) is 9.77. The normalized spacial score (nSPS) is 15.9. The third-order valence-corrected chi connectivity index (χ3v) is 5.83. The fourth-order valence-electron chi connectivity index (χ4n) is 3.95. The van der Waals surface area contributed by atoms with Crippen LogP contribution in [0, 0.1) is 0 Å². The number of hydrogen-bond donors (Lipinski definition) is 1. The molecule has 4 rings (SSSR count). The van der Waals surface area contributed by atoms with Gasteiger partial charge in [-0.3, -0.25) is 0 Å². The van der Waals surface area contributed by atoms with Gasteiger partial charge in [0.1, 0.15) is 24.3 Å². The summed E-state index contributed by atoms with van der Waals surface area (Å²) in [6, 6.07) is 15.9. The highest BCUT2D eigenvalue weighted by molar-refractivity contribution is 9.10. The standard InChI is InChI=1S/C22H25BrN2O2.ClH/c23-17-10-12-19(13-11-17)27-15-18(26)14-25-21-9-5-4-8-20(21)24-22(25)16-6-2-1-3-7-16;/h4-5,8-13,16,18,26H,1-3,6-7,14-15H2;1H. The van der Waals surface area contributed by atoms with Crippen molar-refractivity contribution in [2.75, 3.05) is 6.61 Å². The van der Waals surface area contributed by atoms with Crippen molar-refractivity contribution in [3.05, 3.63) is 58.8 Å². The fourth-order valence-corrected chi connectivity index (χ4v) is 4.21. The number of aromatic nitrogens is 2. The van der Waals surface area contributed by atoms with Crippen LogP contribution in [0.25, 0.3) is 11.0 Å². The Hall–Kier alpha value is -1.56. The molecule has 2 aromatic carbocycles. The number of hydrogen-bond acceptors (Lipinski definition) is 3. The van der Waals surface area contributed by atoms with E-state index in [1.54, 1.807) is 0 Å². The molecule has 1 fully saturated rings. The van der Waals surface area contributed by atoms with Crippen molar-refractivity contribution >= 4 is 39.4 Å². The highest BCUT2D eigenvalue weighted by Gasteiger charge is 2.23. The molecule has 0 amide bonds. The summed E-state index contributed by atoms with van der Waals surface area (Å²) in [5, 5.41) is 10.6. The van der Waals surface area contributed by atoms with Gasteiger partial charge in [-0.2, -0.15) is 0 Å². The molecule has 0 spiro atoms. The lowest BCUT2D eigenvalue weighted by Gasteiger charge is -2.23. The first-order valence-corrected chi connectivity index (χ1v) is 10.5. The minimum Gasteiger partial charge on any atom is -0.491 e. The van der Waals surface area contributed by atoms with Crippen LogP contribution in [0.1, 0.15) is 43.8 Å². The molecule has 1 unspecified atom stereocenters. The largest absolute Gasteiger partial charge is 0.491 e. The lowest BCUT2D eigenvalue weighted by Crippen LogP contribution is -2.25. The molecule has 3 aromatic rings. The van der Waals surface area contributed by atoms with Crippen LogP contribution < -0.4 is 4.74 Å². The van der Waals surface area contributed by atoms with E-state index < -0.39 is 6.10 Å². The molecule has 150 valence electrons. The van der Waals surface area contributed by atoms with Crippen LogP contribution in [0.15, 0.2) is 53.0 Å². The molecule has 1 N–H and O–H groups in total. The van der Waals surface area contributed by atoms with E-state index >= 15 is 0 Å². The van der Waals surface area contributed by atoms with Gasteiger partial charge < -0.3 is 14.4 Å². The summed E-state index contributed by atoms with van der Waals surface area (Å²) in [5.41, 5.74) is 2.11. The van der Waals surface area contributed by atoms with Gasteiger partial charge in [0, 0.05) is 10.4 Å². The molecule has 1 saturated carbocycles. The van der Waals surface area contributed by atoms with Crippen LogP contribution in [0.2, 0.25) is 0 Å². The Balaban J connectivity index is 0.00000225. The van der Waals surface area contributed by atoms with Crippen LogP contribution in [-0.2, 0) is 6.54 Å². The maximum Gasteiger partial charge on any atom is 0.119 e. The van der Waals surface area contributed by atoms with E-state index in [0.29, 0.717) is 12.5 Å². The quantitative estimate of drug-likeness (QED) is 0.507. The number of para-hydroxylation sites is 2. The Kier molecular flexibility index (Phi) is 7.38. The van der Waals surface area contributed by atoms with Gasteiger partial charge in [0.2, 0.25) is 0 Å². The maximum atomic E-state index is 10.6. The number of aliphatic hydroxyl groups is 1. The van der Waals surface area contributed by atoms with Gasteiger partial charge in [-0.05, 0) is 49.2 Å². The van der Waals surface area contributed by atoms with Crippen LogP contribution in [0.4, 0.5) is 0 Å². The van der Waals surface area contributed by atoms with Crippen molar-refractivity contribution in [3.8, 4) is 5.75 Å². The molecule has 1 aliphatic carbocycles. The number of imidazole rings is 1. The number of fused-ring (bicyclic) bond motifs is 1. The van der Waals surface area contributed by atoms with E-state index in [2.05, 4.69) is 32.6 Å². The highest BCUT2D eigenvalue weighted by atomic mass is 79.9. The van der Waals surface area contributed by atoms with Gasteiger partial charge in [-0.15, -0.1) is 12.4 Å². The van der Waals surface area contributed by atoms with E-state index in [-0.39, 0.29) is 19.0 Å². The van der Waals surface area contributed by atoms with Crippen molar-refractivity contribution in [2.45, 2.75) is 50.7 Å². The smallest absolute Gasteiger partial charge is 0.119 e. The summed E-state index contributed by atoms with van der Waals surface area (Å²) >= 11 is 3.42. The third kappa shape index (κ3) is 4.88. The van der Waals surface area contributed by atoms with E-state index in [1.807, 2.05) is 36.4 Å². The first kappa shape index (κ1) is 21.2. The number of aliphatic hydroxyl groups excluding tert-OH is 1. The minimum atomic E-state index is -0.589. The second-order valence-electron chi connectivity index (χ2n) is 7.32. The zero-order chi connectivity index (χ0) is 18.6. The Labute approximate surface area is 180 Å². The van der Waals surface area contributed by atoms with Gasteiger partial charge in [0.05, 0.1) is 17.6 Å². The first-order valence-electron chi connectivity index (χ1n) is 9.72. The van der Waals surface area contributed by atoms with E-state index in [4.69, 9.17) is 9.72 Å². The van der Waals surface area contributed by atoms with Gasteiger partial charge >= 0.3 is 0 Å². The third-order valence-electron chi connectivity index (χ3n) is 5.30. The number of ether oxygens (including phenoxy) is 1. The molecule has 28 heavy (non-hydrogen) atoms. The number of halogens is 2. The molecule has 1 aromatic heterocycles. The van der Waals surface area contributed by atoms with Gasteiger partial charge in [-0.1, -0.05) is 47.3 Å². The molecular weight excluding hydrogens is 440 g/mol. The van der Waals surface area contributed by atoms with Crippen molar-refractivity contribution in [1.29, 1.82) is 0 Å². The Morgan fingerprint density at radius 1 is 1.07 bits per heavy atom. The molecule has 0 saturated heterocycles.